The molecule has 0 fully saturated rings. The topological polar surface area (TPSA) is 3.24 Å². The van der Waals surface area contributed by atoms with Crippen LogP contribution < -0.4 is 3.94 Å². The van der Waals surface area contributed by atoms with Gasteiger partial charge in [0.05, 0.1) is 10.7 Å². The molecule has 0 unspecified atom stereocenters. The highest BCUT2D eigenvalue weighted by molar-refractivity contribution is 6.51. The van der Waals surface area contributed by atoms with E-state index in [1.807, 2.05) is 6.07 Å². The summed E-state index contributed by atoms with van der Waals surface area (Å²) in [6, 6.07) is 5.35. The number of hydrogen-bond acceptors (Lipinski definition) is 1. The number of halogens is 3. The van der Waals surface area contributed by atoms with Gasteiger partial charge in [-0.1, -0.05) is 36.4 Å². The summed E-state index contributed by atoms with van der Waals surface area (Å²) in [5.74, 6) is 0. The second-order valence-corrected chi connectivity index (χ2v) is 3.34. The van der Waals surface area contributed by atoms with Gasteiger partial charge in [0.1, 0.15) is 0 Å². The van der Waals surface area contributed by atoms with Crippen molar-refractivity contribution in [3.63, 3.8) is 0 Å². The van der Waals surface area contributed by atoms with E-state index in [2.05, 4.69) is 6.58 Å². The Morgan fingerprint density at radius 3 is 2.50 bits per heavy atom. The van der Waals surface area contributed by atoms with Gasteiger partial charge in [0.15, 0.2) is 0 Å². The maximum Gasteiger partial charge on any atom is 0.0902 e. The van der Waals surface area contributed by atoms with E-state index in [0.29, 0.717) is 10.7 Å². The molecule has 0 atom stereocenters. The molecule has 0 radical (unpaired) electrons. The maximum atomic E-state index is 5.92. The lowest BCUT2D eigenvalue weighted by atomic mass is 10.2. The van der Waals surface area contributed by atoms with Crippen LogP contribution in [-0.2, 0) is 0 Å². The molecule has 0 aromatic heterocycles. The van der Waals surface area contributed by atoms with E-state index in [0.717, 1.165) is 9.50 Å². The standard InChI is InChI=1S/C8H6Cl3N/c1-2-6-4-3-5-7(8(6)9)12(10)11/h2-5H,1H2. The van der Waals surface area contributed by atoms with Crippen molar-refractivity contribution in [2.75, 3.05) is 3.94 Å². The van der Waals surface area contributed by atoms with Crippen LogP contribution in [0.3, 0.4) is 0 Å². The number of rotatable bonds is 2. The Morgan fingerprint density at radius 2 is 2.00 bits per heavy atom. The van der Waals surface area contributed by atoms with E-state index in [1.165, 1.54) is 0 Å². The molecule has 1 rings (SSSR count). The van der Waals surface area contributed by atoms with Crippen LogP contribution in [0.5, 0.6) is 0 Å². The van der Waals surface area contributed by atoms with E-state index in [9.17, 15) is 0 Å². The van der Waals surface area contributed by atoms with Crippen molar-refractivity contribution in [1.29, 1.82) is 0 Å². The average molecular weight is 223 g/mol. The third-order valence-corrected chi connectivity index (χ3v) is 2.19. The molecule has 0 spiro atoms. The van der Waals surface area contributed by atoms with Gasteiger partial charge in [-0.15, -0.1) is 0 Å². The number of anilines is 1. The van der Waals surface area contributed by atoms with Crippen LogP contribution in [-0.4, -0.2) is 0 Å². The van der Waals surface area contributed by atoms with E-state index in [-0.39, 0.29) is 0 Å². The Balaban J connectivity index is 3.22. The highest BCUT2D eigenvalue weighted by Crippen LogP contribution is 2.31. The minimum atomic E-state index is 0.498. The lowest BCUT2D eigenvalue weighted by Gasteiger charge is -2.09. The molecule has 0 bridgehead atoms. The Hall–Kier alpha value is -0.370. The number of benzene rings is 1. The molecular formula is C8H6Cl3N. The molecule has 1 aromatic carbocycles. The van der Waals surface area contributed by atoms with Gasteiger partial charge in [-0.3, -0.25) is 0 Å². The van der Waals surface area contributed by atoms with Crippen LogP contribution in [0.4, 0.5) is 5.69 Å². The van der Waals surface area contributed by atoms with E-state index < -0.39 is 0 Å². The Kier molecular flexibility index (Phi) is 3.27. The fourth-order valence-electron chi connectivity index (χ4n) is 0.825. The third kappa shape index (κ3) is 1.86. The van der Waals surface area contributed by atoms with Crippen LogP contribution in [0, 0.1) is 0 Å². The van der Waals surface area contributed by atoms with Crippen molar-refractivity contribution >= 4 is 46.9 Å². The molecule has 0 saturated carbocycles. The predicted octanol–water partition coefficient (Wildman–Crippen LogP) is 4.10. The molecule has 12 heavy (non-hydrogen) atoms. The van der Waals surface area contributed by atoms with Crippen LogP contribution in [0.1, 0.15) is 5.56 Å². The molecule has 0 saturated heterocycles. The van der Waals surface area contributed by atoms with Crippen molar-refractivity contribution < 1.29 is 0 Å². The number of nitrogens with zero attached hydrogens (tertiary/aromatic N) is 1. The predicted molar refractivity (Wildman–Crippen MR) is 55.7 cm³/mol. The molecule has 1 nitrogen and oxygen atoms in total. The van der Waals surface area contributed by atoms with Gasteiger partial charge in [0, 0.05) is 23.6 Å². The zero-order valence-corrected chi connectivity index (χ0v) is 8.37. The lowest BCUT2D eigenvalue weighted by molar-refractivity contribution is 1.56. The second-order valence-electron chi connectivity index (χ2n) is 2.12. The molecule has 0 aliphatic heterocycles. The van der Waals surface area contributed by atoms with E-state index >= 15 is 0 Å². The zero-order valence-electron chi connectivity index (χ0n) is 6.10. The normalized spacial score (nSPS) is 9.58. The monoisotopic (exact) mass is 221 g/mol. The molecule has 1 aromatic rings. The largest absolute Gasteiger partial charge is 0.192 e. The van der Waals surface area contributed by atoms with Gasteiger partial charge >= 0.3 is 0 Å². The minimum absolute atomic E-state index is 0.498. The molecule has 0 heterocycles. The summed E-state index contributed by atoms with van der Waals surface area (Å²) in [7, 11) is 0. The van der Waals surface area contributed by atoms with Crippen LogP contribution in [0.15, 0.2) is 24.8 Å². The second kappa shape index (κ2) is 4.04. The van der Waals surface area contributed by atoms with Crippen LogP contribution in [0.25, 0.3) is 6.08 Å². The van der Waals surface area contributed by atoms with Gasteiger partial charge < -0.3 is 0 Å². The fraction of sp³-hybridized carbons (Fsp3) is 0. The smallest absolute Gasteiger partial charge is 0.0902 e. The van der Waals surface area contributed by atoms with Crippen molar-refractivity contribution in [2.45, 2.75) is 0 Å². The summed E-state index contributed by atoms with van der Waals surface area (Å²) in [6.07, 6.45) is 1.64. The maximum absolute atomic E-state index is 5.92. The summed E-state index contributed by atoms with van der Waals surface area (Å²) in [6.45, 7) is 3.60. The average Bonchev–Trinajstić information content (AvgIpc) is 2.04. The first-order chi connectivity index (χ1) is 5.66. The molecule has 64 valence electrons. The number of hydrogen-bond donors (Lipinski definition) is 0. The van der Waals surface area contributed by atoms with Crippen LogP contribution in [0.2, 0.25) is 5.02 Å². The van der Waals surface area contributed by atoms with Gasteiger partial charge in [-0.05, 0) is 11.6 Å². The van der Waals surface area contributed by atoms with Gasteiger partial charge in [0.25, 0.3) is 0 Å². The SMILES string of the molecule is C=Cc1cccc(N(Cl)Cl)c1Cl. The van der Waals surface area contributed by atoms with E-state index in [1.54, 1.807) is 18.2 Å². The summed E-state index contributed by atoms with van der Waals surface area (Å²) in [5.41, 5.74) is 1.36. The molecule has 0 aliphatic carbocycles. The van der Waals surface area contributed by atoms with Crippen molar-refractivity contribution in [3.8, 4) is 0 Å². The first-order valence-corrected chi connectivity index (χ1v) is 4.25. The highest BCUT2D eigenvalue weighted by Gasteiger charge is 2.07. The minimum Gasteiger partial charge on any atom is -0.192 e. The van der Waals surface area contributed by atoms with E-state index in [4.69, 9.17) is 35.2 Å². The summed E-state index contributed by atoms with van der Waals surface area (Å²) < 4.78 is 0.926. The quantitative estimate of drug-likeness (QED) is 0.681. The summed E-state index contributed by atoms with van der Waals surface area (Å²) >= 11 is 17.0. The third-order valence-electron chi connectivity index (χ3n) is 1.41. The summed E-state index contributed by atoms with van der Waals surface area (Å²) in [5, 5.41) is 0.498. The van der Waals surface area contributed by atoms with Crippen LogP contribution >= 0.6 is 35.2 Å². The van der Waals surface area contributed by atoms with Crippen molar-refractivity contribution in [3.05, 3.63) is 35.4 Å². The van der Waals surface area contributed by atoms with Gasteiger partial charge in [-0.2, -0.15) is 3.94 Å². The Bertz CT molecular complexity index is 296. The molecule has 0 N–H and O–H groups in total. The molecular weight excluding hydrogens is 216 g/mol. The first kappa shape index (κ1) is 9.72. The Morgan fingerprint density at radius 1 is 1.33 bits per heavy atom. The first-order valence-electron chi connectivity index (χ1n) is 3.19. The molecule has 0 amide bonds. The zero-order chi connectivity index (χ0) is 9.14. The fourth-order valence-corrected chi connectivity index (χ4v) is 1.48. The van der Waals surface area contributed by atoms with Gasteiger partial charge in [-0.25, -0.2) is 0 Å². The Labute approximate surface area is 86.4 Å². The summed E-state index contributed by atoms with van der Waals surface area (Å²) in [4.78, 5) is 0. The van der Waals surface area contributed by atoms with Crippen molar-refractivity contribution in [2.24, 2.45) is 0 Å². The van der Waals surface area contributed by atoms with Gasteiger partial charge in [0.2, 0.25) is 0 Å². The molecule has 4 heteroatoms. The highest BCUT2D eigenvalue weighted by atomic mass is 35.5. The van der Waals surface area contributed by atoms with Crippen molar-refractivity contribution in [1.82, 2.24) is 0 Å². The molecule has 0 aliphatic rings. The lowest BCUT2D eigenvalue weighted by Crippen LogP contribution is -1.93.